The van der Waals surface area contributed by atoms with Gasteiger partial charge in [-0.25, -0.2) is 8.78 Å². The normalized spacial score (nSPS) is 34.5. The summed E-state index contributed by atoms with van der Waals surface area (Å²) < 4.78 is 32.6. The third kappa shape index (κ3) is 4.49. The molecule has 3 heteroatoms. The van der Waals surface area contributed by atoms with E-state index >= 15 is 0 Å². The second kappa shape index (κ2) is 8.08. The summed E-state index contributed by atoms with van der Waals surface area (Å²) in [6.07, 6.45) is 3.57. The molecule has 1 aliphatic rings. The topological polar surface area (TPSA) is 9.23 Å². The SMILES string of the molecule is CCCC(C)CCCC1CCC(OC)C(F)C1F. The molecule has 1 rings (SSSR count). The molecule has 1 fully saturated rings. The first-order chi connectivity index (χ1) is 8.60. The Bertz CT molecular complexity index is 223. The number of ether oxygens (including phenoxy) is 1. The minimum absolute atomic E-state index is 0.0970. The molecule has 0 saturated heterocycles. The predicted octanol–water partition coefficient (Wildman–Crippen LogP) is 4.69. The highest BCUT2D eigenvalue weighted by atomic mass is 19.2. The summed E-state index contributed by atoms with van der Waals surface area (Å²) >= 11 is 0. The Morgan fingerprint density at radius 2 is 1.89 bits per heavy atom. The molecule has 0 heterocycles. The van der Waals surface area contributed by atoms with Crippen molar-refractivity contribution in [2.24, 2.45) is 11.8 Å². The first kappa shape index (κ1) is 15.9. The summed E-state index contributed by atoms with van der Waals surface area (Å²) in [6, 6.07) is 0. The number of rotatable bonds is 7. The summed E-state index contributed by atoms with van der Waals surface area (Å²) in [4.78, 5) is 0. The van der Waals surface area contributed by atoms with Gasteiger partial charge in [-0.3, -0.25) is 0 Å². The molecule has 18 heavy (non-hydrogen) atoms. The van der Waals surface area contributed by atoms with Crippen molar-refractivity contribution in [1.82, 2.24) is 0 Å². The summed E-state index contributed by atoms with van der Waals surface area (Å²) in [5, 5.41) is 0. The molecule has 0 aromatic heterocycles. The lowest BCUT2D eigenvalue weighted by Gasteiger charge is -2.34. The summed E-state index contributed by atoms with van der Waals surface area (Å²) in [5.74, 6) is 0.616. The van der Waals surface area contributed by atoms with E-state index in [2.05, 4.69) is 13.8 Å². The highest BCUT2D eigenvalue weighted by molar-refractivity contribution is 4.88. The highest BCUT2D eigenvalue weighted by Gasteiger charge is 2.39. The summed E-state index contributed by atoms with van der Waals surface area (Å²) in [5.41, 5.74) is 0. The molecule has 5 atom stereocenters. The van der Waals surface area contributed by atoms with Crippen LogP contribution < -0.4 is 0 Å². The van der Waals surface area contributed by atoms with Crippen LogP contribution in [0, 0.1) is 11.8 Å². The van der Waals surface area contributed by atoms with Crippen molar-refractivity contribution in [1.29, 1.82) is 0 Å². The predicted molar refractivity (Wildman–Crippen MR) is 71.2 cm³/mol. The van der Waals surface area contributed by atoms with Crippen molar-refractivity contribution in [3.05, 3.63) is 0 Å². The molecule has 1 saturated carbocycles. The van der Waals surface area contributed by atoms with E-state index in [0.29, 0.717) is 12.3 Å². The molecule has 0 radical (unpaired) electrons. The van der Waals surface area contributed by atoms with Crippen molar-refractivity contribution < 1.29 is 13.5 Å². The van der Waals surface area contributed by atoms with Crippen molar-refractivity contribution in [2.75, 3.05) is 7.11 Å². The maximum atomic E-state index is 13.9. The molecule has 1 aliphatic carbocycles. The van der Waals surface area contributed by atoms with Gasteiger partial charge in [-0.15, -0.1) is 0 Å². The van der Waals surface area contributed by atoms with Crippen molar-refractivity contribution in [3.8, 4) is 0 Å². The molecule has 1 nitrogen and oxygen atoms in total. The number of methoxy groups -OCH3 is 1. The molecule has 0 aromatic rings. The largest absolute Gasteiger partial charge is 0.378 e. The van der Waals surface area contributed by atoms with Gasteiger partial charge in [-0.1, -0.05) is 39.5 Å². The van der Waals surface area contributed by atoms with Crippen LogP contribution in [0.1, 0.15) is 58.8 Å². The highest BCUT2D eigenvalue weighted by Crippen LogP contribution is 2.34. The van der Waals surface area contributed by atoms with Gasteiger partial charge in [-0.05, 0) is 31.1 Å². The molecular weight excluding hydrogens is 234 g/mol. The Hall–Kier alpha value is -0.180. The summed E-state index contributed by atoms with van der Waals surface area (Å²) in [7, 11) is 1.47. The maximum Gasteiger partial charge on any atom is 0.157 e. The lowest BCUT2D eigenvalue weighted by atomic mass is 9.81. The number of alkyl halides is 2. The van der Waals surface area contributed by atoms with Crippen LogP contribution in [0.15, 0.2) is 0 Å². The number of halogens is 2. The zero-order valence-corrected chi connectivity index (χ0v) is 12.0. The van der Waals surface area contributed by atoms with Crippen LogP contribution >= 0.6 is 0 Å². The van der Waals surface area contributed by atoms with E-state index in [1.54, 1.807) is 0 Å². The Balaban J connectivity index is 2.26. The van der Waals surface area contributed by atoms with Gasteiger partial charge >= 0.3 is 0 Å². The van der Waals surface area contributed by atoms with Crippen LogP contribution in [-0.2, 0) is 4.74 Å². The Morgan fingerprint density at radius 3 is 2.50 bits per heavy atom. The maximum absolute atomic E-state index is 13.9. The molecule has 5 unspecified atom stereocenters. The Kier molecular flexibility index (Phi) is 7.13. The lowest BCUT2D eigenvalue weighted by Crippen LogP contribution is -2.42. The Morgan fingerprint density at radius 1 is 1.17 bits per heavy atom. The lowest BCUT2D eigenvalue weighted by molar-refractivity contribution is -0.0576. The second-order valence-corrected chi connectivity index (χ2v) is 5.83. The molecule has 0 amide bonds. The van der Waals surface area contributed by atoms with E-state index in [1.807, 2.05) is 0 Å². The van der Waals surface area contributed by atoms with Gasteiger partial charge in [0.25, 0.3) is 0 Å². The number of hydrogen-bond acceptors (Lipinski definition) is 1. The molecule has 0 bridgehead atoms. The smallest absolute Gasteiger partial charge is 0.157 e. The zero-order chi connectivity index (χ0) is 13.5. The van der Waals surface area contributed by atoms with Crippen molar-refractivity contribution in [2.45, 2.75) is 77.2 Å². The fourth-order valence-corrected chi connectivity index (χ4v) is 3.08. The first-order valence-electron chi connectivity index (χ1n) is 7.41. The van der Waals surface area contributed by atoms with E-state index in [-0.39, 0.29) is 5.92 Å². The standard InChI is InChI=1S/C15H28F2O/c1-4-6-11(2)7-5-8-12-9-10-13(18-3)15(17)14(12)16/h11-15H,4-10H2,1-3H3. The van der Waals surface area contributed by atoms with Gasteiger partial charge in [0, 0.05) is 7.11 Å². The minimum atomic E-state index is -1.43. The van der Waals surface area contributed by atoms with Gasteiger partial charge in [0.2, 0.25) is 0 Å². The monoisotopic (exact) mass is 262 g/mol. The number of hydrogen-bond donors (Lipinski definition) is 0. The van der Waals surface area contributed by atoms with E-state index in [0.717, 1.165) is 25.7 Å². The van der Waals surface area contributed by atoms with Crippen LogP contribution in [0.5, 0.6) is 0 Å². The van der Waals surface area contributed by atoms with Crippen LogP contribution in [0.4, 0.5) is 8.78 Å². The van der Waals surface area contributed by atoms with E-state index in [4.69, 9.17) is 4.74 Å². The van der Waals surface area contributed by atoms with Crippen molar-refractivity contribution in [3.63, 3.8) is 0 Å². The fourth-order valence-electron chi connectivity index (χ4n) is 3.08. The van der Waals surface area contributed by atoms with Gasteiger partial charge < -0.3 is 4.74 Å². The van der Waals surface area contributed by atoms with Gasteiger partial charge in [0.05, 0.1) is 6.10 Å². The third-order valence-corrected chi connectivity index (χ3v) is 4.29. The fraction of sp³-hybridized carbons (Fsp3) is 1.00. The van der Waals surface area contributed by atoms with Crippen LogP contribution in [0.2, 0.25) is 0 Å². The van der Waals surface area contributed by atoms with E-state index in [9.17, 15) is 8.78 Å². The quantitative estimate of drug-likeness (QED) is 0.646. The van der Waals surface area contributed by atoms with E-state index < -0.39 is 18.4 Å². The van der Waals surface area contributed by atoms with Crippen LogP contribution in [0.25, 0.3) is 0 Å². The average Bonchev–Trinajstić information content (AvgIpc) is 2.35. The average molecular weight is 262 g/mol. The first-order valence-corrected chi connectivity index (χ1v) is 7.41. The second-order valence-electron chi connectivity index (χ2n) is 5.83. The van der Waals surface area contributed by atoms with E-state index in [1.165, 1.54) is 20.0 Å². The van der Waals surface area contributed by atoms with Gasteiger partial charge in [-0.2, -0.15) is 0 Å². The molecule has 0 N–H and O–H groups in total. The third-order valence-electron chi connectivity index (χ3n) is 4.29. The van der Waals surface area contributed by atoms with Gasteiger partial charge in [0.15, 0.2) is 6.17 Å². The van der Waals surface area contributed by atoms with Gasteiger partial charge in [0.1, 0.15) is 6.17 Å². The Labute approximate surface area is 110 Å². The molecule has 108 valence electrons. The molecule has 0 aliphatic heterocycles. The van der Waals surface area contributed by atoms with Crippen molar-refractivity contribution >= 4 is 0 Å². The summed E-state index contributed by atoms with van der Waals surface area (Å²) in [6.45, 7) is 4.43. The van der Waals surface area contributed by atoms with Crippen LogP contribution in [-0.4, -0.2) is 25.6 Å². The zero-order valence-electron chi connectivity index (χ0n) is 12.0. The molecule has 0 aromatic carbocycles. The van der Waals surface area contributed by atoms with Crippen LogP contribution in [0.3, 0.4) is 0 Å². The minimum Gasteiger partial charge on any atom is -0.378 e. The molecular formula is C15H28F2O. The molecule has 0 spiro atoms.